The lowest BCUT2D eigenvalue weighted by Crippen LogP contribution is -2.30. The summed E-state index contributed by atoms with van der Waals surface area (Å²) in [4.78, 5) is 0. The molecule has 0 saturated carbocycles. The molecule has 1 N–H and O–H groups in total. The van der Waals surface area contributed by atoms with Crippen molar-refractivity contribution in [3.05, 3.63) is 11.9 Å². The normalized spacial score (nSPS) is 28.4. The van der Waals surface area contributed by atoms with Gasteiger partial charge in [0.1, 0.15) is 5.60 Å². The molecule has 1 aliphatic heterocycles. The monoisotopic (exact) mass is 245 g/mol. The zero-order valence-corrected chi connectivity index (χ0v) is 9.94. The molecule has 0 aromatic carbocycles. The van der Waals surface area contributed by atoms with Crippen molar-refractivity contribution < 1.29 is 13.5 Å². The first-order valence-electron chi connectivity index (χ1n) is 5.29. The van der Waals surface area contributed by atoms with Gasteiger partial charge < -0.3 is 5.11 Å². The Bertz CT molecular complexity index is 482. The molecular weight excluding hydrogens is 230 g/mol. The average Bonchev–Trinajstić information content (AvgIpc) is 2.73. The van der Waals surface area contributed by atoms with Gasteiger partial charge in [0.25, 0.3) is 0 Å². The van der Waals surface area contributed by atoms with E-state index in [4.69, 9.17) is 0 Å². The highest BCUT2D eigenvalue weighted by Crippen LogP contribution is 2.32. The fourth-order valence-corrected chi connectivity index (χ4v) is 3.84. The van der Waals surface area contributed by atoms with Crippen LogP contribution in [0, 0.1) is 0 Å². The molecule has 1 unspecified atom stereocenters. The van der Waals surface area contributed by atoms with Crippen LogP contribution in [0.1, 0.15) is 25.5 Å². The van der Waals surface area contributed by atoms with Gasteiger partial charge in [0.05, 0.1) is 23.4 Å². The first-order valence-corrected chi connectivity index (χ1v) is 7.11. The molecule has 2 heterocycles. The molecule has 0 bridgehead atoms. The van der Waals surface area contributed by atoms with Crippen LogP contribution in [0.15, 0.2) is 6.20 Å². The van der Waals surface area contributed by atoms with Crippen molar-refractivity contribution in [3.63, 3.8) is 0 Å². The molecule has 16 heavy (non-hydrogen) atoms. The molecule has 1 atom stereocenters. The maximum absolute atomic E-state index is 11.4. The average molecular weight is 245 g/mol. The van der Waals surface area contributed by atoms with E-state index >= 15 is 0 Å². The van der Waals surface area contributed by atoms with Crippen molar-refractivity contribution in [2.75, 3.05) is 11.5 Å². The topological polar surface area (TPSA) is 85.1 Å². The zero-order chi connectivity index (χ0) is 11.8. The van der Waals surface area contributed by atoms with Crippen molar-refractivity contribution in [1.82, 2.24) is 15.0 Å². The van der Waals surface area contributed by atoms with Gasteiger partial charge >= 0.3 is 0 Å². The van der Waals surface area contributed by atoms with Crippen LogP contribution < -0.4 is 0 Å². The predicted octanol–water partition coefficient (Wildman–Crippen LogP) is -0.306. The molecule has 90 valence electrons. The standard InChI is InChI=1S/C9H15N3O3S/c1-2-4-12-8(6-10-11-12)9(13)3-5-16(14,15)7-9/h6,13H,2-5,7H2,1H3. The van der Waals surface area contributed by atoms with E-state index in [9.17, 15) is 13.5 Å². The van der Waals surface area contributed by atoms with E-state index in [0.717, 1.165) is 6.42 Å². The summed E-state index contributed by atoms with van der Waals surface area (Å²) >= 11 is 0. The minimum atomic E-state index is -3.13. The van der Waals surface area contributed by atoms with Gasteiger partial charge in [-0.25, -0.2) is 13.1 Å². The Balaban J connectivity index is 2.33. The SMILES string of the molecule is CCCn1nncc1C1(O)CCS(=O)(=O)C1. The van der Waals surface area contributed by atoms with Gasteiger partial charge in [0, 0.05) is 6.54 Å². The molecule has 2 rings (SSSR count). The van der Waals surface area contributed by atoms with E-state index in [1.807, 2.05) is 6.92 Å². The molecule has 6 nitrogen and oxygen atoms in total. The molecule has 0 radical (unpaired) electrons. The van der Waals surface area contributed by atoms with Crippen LogP contribution in [0.4, 0.5) is 0 Å². The summed E-state index contributed by atoms with van der Waals surface area (Å²) in [5, 5.41) is 17.9. The van der Waals surface area contributed by atoms with Gasteiger partial charge in [0.15, 0.2) is 9.84 Å². The first-order chi connectivity index (χ1) is 7.47. The number of aliphatic hydroxyl groups is 1. The van der Waals surface area contributed by atoms with E-state index in [0.29, 0.717) is 12.2 Å². The second-order valence-electron chi connectivity index (χ2n) is 4.22. The first kappa shape index (κ1) is 11.5. The number of hydrogen-bond donors (Lipinski definition) is 1. The minimum Gasteiger partial charge on any atom is -0.382 e. The Hall–Kier alpha value is -0.950. The lowest BCUT2D eigenvalue weighted by Gasteiger charge is -2.20. The van der Waals surface area contributed by atoms with Crippen LogP contribution in [0.3, 0.4) is 0 Å². The molecular formula is C9H15N3O3S. The number of nitrogens with zero attached hydrogens (tertiary/aromatic N) is 3. The van der Waals surface area contributed by atoms with Gasteiger partial charge in [-0.05, 0) is 12.8 Å². The van der Waals surface area contributed by atoms with Crippen LogP contribution in [-0.4, -0.2) is 40.0 Å². The lowest BCUT2D eigenvalue weighted by molar-refractivity contribution is 0.0552. The molecule has 1 aromatic heterocycles. The van der Waals surface area contributed by atoms with Gasteiger partial charge in [-0.1, -0.05) is 12.1 Å². The highest BCUT2D eigenvalue weighted by molar-refractivity contribution is 7.91. The van der Waals surface area contributed by atoms with E-state index in [2.05, 4.69) is 10.3 Å². The van der Waals surface area contributed by atoms with E-state index in [-0.39, 0.29) is 17.9 Å². The largest absolute Gasteiger partial charge is 0.382 e. The van der Waals surface area contributed by atoms with Crippen molar-refractivity contribution in [1.29, 1.82) is 0 Å². The predicted molar refractivity (Wildman–Crippen MR) is 57.5 cm³/mol. The molecule has 7 heteroatoms. The fraction of sp³-hybridized carbons (Fsp3) is 0.778. The number of aromatic nitrogens is 3. The Kier molecular flexibility index (Phi) is 2.75. The zero-order valence-electron chi connectivity index (χ0n) is 9.13. The molecule has 1 fully saturated rings. The van der Waals surface area contributed by atoms with E-state index < -0.39 is 15.4 Å². The van der Waals surface area contributed by atoms with Crippen molar-refractivity contribution in [2.24, 2.45) is 0 Å². The summed E-state index contributed by atoms with van der Waals surface area (Å²) < 4.78 is 24.4. The second kappa shape index (κ2) is 3.81. The summed E-state index contributed by atoms with van der Waals surface area (Å²) in [6, 6.07) is 0. The third kappa shape index (κ3) is 1.97. The van der Waals surface area contributed by atoms with Crippen LogP contribution in [0.25, 0.3) is 0 Å². The summed E-state index contributed by atoms with van der Waals surface area (Å²) in [5.41, 5.74) is -0.798. The highest BCUT2D eigenvalue weighted by atomic mass is 32.2. The summed E-state index contributed by atoms with van der Waals surface area (Å²) in [6.45, 7) is 2.62. The summed E-state index contributed by atoms with van der Waals surface area (Å²) in [5.74, 6) is -0.197. The Morgan fingerprint density at radius 2 is 2.38 bits per heavy atom. The van der Waals surface area contributed by atoms with Gasteiger partial charge in [-0.3, -0.25) is 0 Å². The van der Waals surface area contributed by atoms with E-state index in [1.165, 1.54) is 6.20 Å². The van der Waals surface area contributed by atoms with Crippen LogP contribution in [0.5, 0.6) is 0 Å². The maximum Gasteiger partial charge on any atom is 0.153 e. The lowest BCUT2D eigenvalue weighted by atomic mass is 10.00. The number of sulfone groups is 1. The quantitative estimate of drug-likeness (QED) is 0.790. The number of rotatable bonds is 3. The van der Waals surface area contributed by atoms with Gasteiger partial charge in [-0.15, -0.1) is 5.10 Å². The Labute approximate surface area is 94.2 Å². The number of hydrogen-bond acceptors (Lipinski definition) is 5. The summed E-state index contributed by atoms with van der Waals surface area (Å²) in [7, 11) is -3.13. The smallest absolute Gasteiger partial charge is 0.153 e. The third-order valence-corrected chi connectivity index (χ3v) is 4.56. The van der Waals surface area contributed by atoms with Gasteiger partial charge in [0.2, 0.25) is 0 Å². The fourth-order valence-electron chi connectivity index (χ4n) is 2.03. The molecule has 1 aliphatic rings. The molecule has 1 saturated heterocycles. The van der Waals surface area contributed by atoms with E-state index in [1.54, 1.807) is 4.68 Å². The van der Waals surface area contributed by atoms with Gasteiger partial charge in [-0.2, -0.15) is 0 Å². The Morgan fingerprint density at radius 3 is 2.94 bits per heavy atom. The molecule has 0 amide bonds. The van der Waals surface area contributed by atoms with Crippen molar-refractivity contribution >= 4 is 9.84 Å². The Morgan fingerprint density at radius 1 is 1.62 bits per heavy atom. The van der Waals surface area contributed by atoms with Crippen molar-refractivity contribution in [3.8, 4) is 0 Å². The molecule has 1 aromatic rings. The molecule has 0 spiro atoms. The van der Waals surface area contributed by atoms with Crippen LogP contribution >= 0.6 is 0 Å². The second-order valence-corrected chi connectivity index (χ2v) is 6.40. The number of aryl methyl sites for hydroxylation is 1. The maximum atomic E-state index is 11.4. The van der Waals surface area contributed by atoms with Crippen LogP contribution in [-0.2, 0) is 22.0 Å². The third-order valence-electron chi connectivity index (χ3n) is 2.82. The summed E-state index contributed by atoms with van der Waals surface area (Å²) in [6.07, 6.45) is 2.54. The highest BCUT2D eigenvalue weighted by Gasteiger charge is 2.44. The minimum absolute atomic E-state index is 0.0286. The van der Waals surface area contributed by atoms with Crippen LogP contribution in [0.2, 0.25) is 0 Å². The molecule has 0 aliphatic carbocycles. The van der Waals surface area contributed by atoms with Crippen molar-refractivity contribution in [2.45, 2.75) is 31.9 Å².